The van der Waals surface area contributed by atoms with Gasteiger partial charge in [-0.2, -0.15) is 4.98 Å². The number of anilines is 1. The summed E-state index contributed by atoms with van der Waals surface area (Å²) < 4.78 is 0. The van der Waals surface area contributed by atoms with Crippen molar-refractivity contribution in [2.45, 2.75) is 65.0 Å². The second-order valence-electron chi connectivity index (χ2n) is 6.73. The van der Waals surface area contributed by atoms with Gasteiger partial charge in [-0.25, -0.2) is 9.97 Å². The molecule has 1 aliphatic heterocycles. The molecule has 5 heteroatoms. The third-order valence-electron chi connectivity index (χ3n) is 5.17. The maximum atomic E-state index is 4.56. The number of nitrogens with one attached hydrogen (secondary N) is 1. The molecule has 0 aromatic carbocycles. The zero-order valence-corrected chi connectivity index (χ0v) is 14.1. The smallest absolute Gasteiger partial charge is 0.226 e. The van der Waals surface area contributed by atoms with E-state index in [0.29, 0.717) is 12.0 Å². The van der Waals surface area contributed by atoms with Gasteiger partial charge in [0.2, 0.25) is 5.95 Å². The first kappa shape index (κ1) is 16.1. The van der Waals surface area contributed by atoms with Gasteiger partial charge in [-0.05, 0) is 39.7 Å². The van der Waals surface area contributed by atoms with Gasteiger partial charge in [0.25, 0.3) is 0 Å². The first-order chi connectivity index (χ1) is 9.95. The number of piperidine rings is 1. The van der Waals surface area contributed by atoms with Crippen LogP contribution in [0, 0.1) is 5.92 Å². The maximum Gasteiger partial charge on any atom is 0.226 e. The normalized spacial score (nSPS) is 25.8. The van der Waals surface area contributed by atoms with E-state index in [4.69, 9.17) is 0 Å². The average Bonchev–Trinajstić information content (AvgIpc) is 2.47. The van der Waals surface area contributed by atoms with Gasteiger partial charge in [-0.1, -0.05) is 20.3 Å². The minimum absolute atomic E-state index is 0.188. The Hall–Kier alpha value is -1.23. The number of aryl methyl sites for hydroxylation is 1. The fourth-order valence-electron chi connectivity index (χ4n) is 2.93. The largest absolute Gasteiger partial charge is 0.351 e. The van der Waals surface area contributed by atoms with Crippen LogP contribution in [0.1, 0.15) is 52.8 Å². The zero-order chi connectivity index (χ0) is 15.5. The van der Waals surface area contributed by atoms with Gasteiger partial charge in [0.1, 0.15) is 12.2 Å². The molecule has 2 heterocycles. The van der Waals surface area contributed by atoms with Gasteiger partial charge in [0, 0.05) is 24.5 Å². The predicted octanol–water partition coefficient (Wildman–Crippen LogP) is 2.74. The van der Waals surface area contributed by atoms with Gasteiger partial charge in [-0.15, -0.1) is 0 Å². The van der Waals surface area contributed by atoms with Crippen LogP contribution in [-0.4, -0.2) is 45.0 Å². The third-order valence-corrected chi connectivity index (χ3v) is 5.17. The molecule has 21 heavy (non-hydrogen) atoms. The van der Waals surface area contributed by atoms with Crippen molar-refractivity contribution in [3.8, 4) is 0 Å². The molecule has 2 rings (SSSR count). The number of likely N-dealkylation sites (tertiary alicyclic amines) is 1. The van der Waals surface area contributed by atoms with Crippen LogP contribution in [0.15, 0.2) is 6.33 Å². The molecule has 2 unspecified atom stereocenters. The highest BCUT2D eigenvalue weighted by atomic mass is 15.2. The van der Waals surface area contributed by atoms with Gasteiger partial charge < -0.3 is 10.2 Å². The second-order valence-corrected chi connectivity index (χ2v) is 6.73. The quantitative estimate of drug-likeness (QED) is 0.904. The van der Waals surface area contributed by atoms with Crippen molar-refractivity contribution in [2.24, 2.45) is 5.92 Å². The van der Waals surface area contributed by atoms with E-state index in [1.54, 1.807) is 6.33 Å². The molecule has 1 aromatic rings. The van der Waals surface area contributed by atoms with Crippen molar-refractivity contribution >= 4 is 5.95 Å². The van der Waals surface area contributed by atoms with E-state index in [0.717, 1.165) is 44.0 Å². The molecule has 0 amide bonds. The first-order valence-electron chi connectivity index (χ1n) is 8.10. The lowest BCUT2D eigenvalue weighted by Gasteiger charge is -2.49. The van der Waals surface area contributed by atoms with E-state index in [2.05, 4.69) is 59.9 Å². The standard InChI is InChI=1S/C16H29N5/c1-6-7-8-14-17-11-18-15(20-14)19-13-9-10-21(5)16(3,4)12(13)2/h11-13H,6-10H2,1-5H3,(H,17,18,19,20). The lowest BCUT2D eigenvalue weighted by Crippen LogP contribution is -2.57. The summed E-state index contributed by atoms with van der Waals surface area (Å²) in [5.41, 5.74) is 0.188. The fourth-order valence-corrected chi connectivity index (χ4v) is 2.93. The van der Waals surface area contributed by atoms with E-state index in [1.807, 2.05) is 0 Å². The number of hydrogen-bond donors (Lipinski definition) is 1. The Morgan fingerprint density at radius 3 is 2.86 bits per heavy atom. The number of aromatic nitrogens is 3. The minimum atomic E-state index is 0.188. The molecule has 1 fully saturated rings. The molecule has 0 aliphatic carbocycles. The highest BCUT2D eigenvalue weighted by Crippen LogP contribution is 2.33. The summed E-state index contributed by atoms with van der Waals surface area (Å²) in [6.45, 7) is 10.2. The molecule has 1 aromatic heterocycles. The molecule has 1 saturated heterocycles. The van der Waals surface area contributed by atoms with E-state index in [9.17, 15) is 0 Å². The van der Waals surface area contributed by atoms with Crippen LogP contribution in [-0.2, 0) is 6.42 Å². The number of unbranched alkanes of at least 4 members (excludes halogenated alkanes) is 1. The van der Waals surface area contributed by atoms with Gasteiger partial charge >= 0.3 is 0 Å². The lowest BCUT2D eigenvalue weighted by atomic mass is 9.77. The predicted molar refractivity (Wildman–Crippen MR) is 86.3 cm³/mol. The average molecular weight is 291 g/mol. The molecule has 118 valence electrons. The van der Waals surface area contributed by atoms with E-state index >= 15 is 0 Å². The zero-order valence-electron chi connectivity index (χ0n) is 14.1. The molecule has 1 N–H and O–H groups in total. The summed E-state index contributed by atoms with van der Waals surface area (Å²) in [6, 6.07) is 0.414. The van der Waals surface area contributed by atoms with Crippen molar-refractivity contribution in [3.63, 3.8) is 0 Å². The number of hydrogen-bond acceptors (Lipinski definition) is 5. The summed E-state index contributed by atoms with van der Waals surface area (Å²) in [5.74, 6) is 2.16. The van der Waals surface area contributed by atoms with Crippen LogP contribution >= 0.6 is 0 Å². The molecule has 5 nitrogen and oxygen atoms in total. The molecule has 2 atom stereocenters. The SMILES string of the molecule is CCCCc1ncnc(NC2CCN(C)C(C)(C)C2C)n1. The summed E-state index contributed by atoms with van der Waals surface area (Å²) in [6.07, 6.45) is 5.97. The summed E-state index contributed by atoms with van der Waals surface area (Å²) >= 11 is 0. The molecule has 1 aliphatic rings. The summed E-state index contributed by atoms with van der Waals surface area (Å²) in [7, 11) is 2.21. The Bertz CT molecular complexity index is 460. The van der Waals surface area contributed by atoms with Gasteiger partial charge in [0.05, 0.1) is 0 Å². The highest BCUT2D eigenvalue weighted by molar-refractivity contribution is 5.26. The highest BCUT2D eigenvalue weighted by Gasteiger charge is 2.39. The van der Waals surface area contributed by atoms with Crippen molar-refractivity contribution in [2.75, 3.05) is 18.9 Å². The Labute approximate surface area is 128 Å². The van der Waals surface area contributed by atoms with Crippen molar-refractivity contribution in [3.05, 3.63) is 12.2 Å². The van der Waals surface area contributed by atoms with Crippen LogP contribution in [0.2, 0.25) is 0 Å². The first-order valence-corrected chi connectivity index (χ1v) is 8.10. The van der Waals surface area contributed by atoms with Crippen molar-refractivity contribution < 1.29 is 0 Å². The molecule has 0 spiro atoms. The van der Waals surface area contributed by atoms with Crippen LogP contribution in [0.3, 0.4) is 0 Å². The molecule has 0 radical (unpaired) electrons. The van der Waals surface area contributed by atoms with E-state index < -0.39 is 0 Å². The molecule has 0 saturated carbocycles. The minimum Gasteiger partial charge on any atom is -0.351 e. The van der Waals surface area contributed by atoms with Crippen LogP contribution in [0.4, 0.5) is 5.95 Å². The second kappa shape index (κ2) is 6.69. The van der Waals surface area contributed by atoms with Gasteiger partial charge in [0.15, 0.2) is 0 Å². The van der Waals surface area contributed by atoms with Crippen LogP contribution in [0.25, 0.3) is 0 Å². The molecule has 0 bridgehead atoms. The Kier molecular flexibility index (Phi) is 5.14. The maximum absolute atomic E-state index is 4.56. The van der Waals surface area contributed by atoms with Crippen LogP contribution < -0.4 is 5.32 Å². The van der Waals surface area contributed by atoms with E-state index in [-0.39, 0.29) is 5.54 Å². The van der Waals surface area contributed by atoms with Crippen molar-refractivity contribution in [1.29, 1.82) is 0 Å². The molecular formula is C16H29N5. The molecular weight excluding hydrogens is 262 g/mol. The summed E-state index contributed by atoms with van der Waals surface area (Å²) in [4.78, 5) is 15.6. The van der Waals surface area contributed by atoms with Crippen LogP contribution in [0.5, 0.6) is 0 Å². The topological polar surface area (TPSA) is 53.9 Å². The monoisotopic (exact) mass is 291 g/mol. The van der Waals surface area contributed by atoms with E-state index in [1.165, 1.54) is 0 Å². The number of nitrogens with zero attached hydrogens (tertiary/aromatic N) is 4. The van der Waals surface area contributed by atoms with Crippen molar-refractivity contribution in [1.82, 2.24) is 19.9 Å². The Morgan fingerprint density at radius 1 is 1.38 bits per heavy atom. The Morgan fingerprint density at radius 2 is 2.14 bits per heavy atom. The van der Waals surface area contributed by atoms with Gasteiger partial charge in [-0.3, -0.25) is 0 Å². The lowest BCUT2D eigenvalue weighted by molar-refractivity contribution is 0.0457. The Balaban J connectivity index is 2.04. The third kappa shape index (κ3) is 3.70. The summed E-state index contributed by atoms with van der Waals surface area (Å²) in [5, 5.41) is 3.53. The fraction of sp³-hybridized carbons (Fsp3) is 0.812. The number of rotatable bonds is 5.